The van der Waals surface area contributed by atoms with Crippen LogP contribution in [0.3, 0.4) is 0 Å². The van der Waals surface area contributed by atoms with Crippen LogP contribution in [-0.4, -0.2) is 46.8 Å². The number of ether oxygens (including phenoxy) is 3. The maximum Gasteiger partial charge on any atom is 0.349 e. The summed E-state index contributed by atoms with van der Waals surface area (Å²) in [6.07, 6.45) is -1.39. The second-order valence-corrected chi connectivity index (χ2v) is 7.87. The molecule has 2 rings (SSSR count). The topological polar surface area (TPSA) is 108 Å². The number of hydrogen-bond acceptors (Lipinski definition) is 9. The Kier molecular flexibility index (Phi) is 6.64. The van der Waals surface area contributed by atoms with Crippen molar-refractivity contribution in [1.29, 1.82) is 0 Å². The molecule has 0 fully saturated rings. The van der Waals surface area contributed by atoms with Crippen molar-refractivity contribution in [3.05, 3.63) is 27.0 Å². The minimum Gasteiger partial charge on any atom is -0.465 e. The van der Waals surface area contributed by atoms with E-state index < -0.39 is 22.4 Å². The normalized spacial score (nSPS) is 12.8. The molecule has 0 aliphatic rings. The van der Waals surface area contributed by atoms with Gasteiger partial charge in [-0.15, -0.1) is 11.3 Å². The van der Waals surface area contributed by atoms with Gasteiger partial charge in [0.25, 0.3) is 22.3 Å². The number of esters is 1. The van der Waals surface area contributed by atoms with E-state index in [-0.39, 0.29) is 33.0 Å². The van der Waals surface area contributed by atoms with Gasteiger partial charge in [-0.2, -0.15) is 4.31 Å². The number of anilines is 1. The van der Waals surface area contributed by atoms with Gasteiger partial charge in [0.1, 0.15) is 20.5 Å². The summed E-state index contributed by atoms with van der Waals surface area (Å²) in [5, 5.41) is 5.10. The molecule has 0 aliphatic carbocycles. The molecule has 2 aromatic heterocycles. The molecule has 1 atom stereocenters. The summed E-state index contributed by atoms with van der Waals surface area (Å²) in [5.41, 5.74) is 0.284. The first kappa shape index (κ1) is 20.6. The molecule has 2 aromatic rings. The molecule has 144 valence electrons. The fraction of sp³-hybridized carbons (Fsp3) is 0.429. The van der Waals surface area contributed by atoms with Crippen LogP contribution in [0.1, 0.15) is 22.3 Å². The molecule has 0 aliphatic heterocycles. The minimum absolute atomic E-state index is 0.0230. The molecular weight excluding hydrogens is 408 g/mol. The molecule has 0 radical (unpaired) electrons. The van der Waals surface area contributed by atoms with Crippen LogP contribution in [0.4, 0.5) is 5.88 Å². The van der Waals surface area contributed by atoms with Crippen LogP contribution in [0.15, 0.2) is 20.9 Å². The number of rotatable bonds is 8. The molecule has 26 heavy (non-hydrogen) atoms. The molecule has 1 unspecified atom stereocenters. The first-order chi connectivity index (χ1) is 12.3. The van der Waals surface area contributed by atoms with Crippen molar-refractivity contribution in [3.63, 3.8) is 0 Å². The molecule has 12 heteroatoms. The van der Waals surface area contributed by atoms with Crippen LogP contribution < -0.4 is 4.31 Å². The number of hydrogen-bond donors (Lipinski definition) is 0. The number of carbonyl (C=O) groups excluding carboxylic acids is 1. The Morgan fingerprint density at radius 3 is 2.65 bits per heavy atom. The summed E-state index contributed by atoms with van der Waals surface area (Å²) in [6.45, 7) is 3.35. The van der Waals surface area contributed by atoms with Crippen LogP contribution in [0.5, 0.6) is 0 Å². The van der Waals surface area contributed by atoms with Gasteiger partial charge < -0.3 is 18.7 Å². The Labute approximate surface area is 159 Å². The first-order valence-corrected chi connectivity index (χ1v) is 9.95. The Hall–Kier alpha value is -1.66. The summed E-state index contributed by atoms with van der Waals surface area (Å²) >= 11 is 7.06. The number of halogens is 1. The number of nitrogens with zero attached hydrogens (tertiary/aromatic N) is 2. The molecule has 0 N–H and O–H groups in total. The highest BCUT2D eigenvalue weighted by Gasteiger charge is 2.40. The van der Waals surface area contributed by atoms with Crippen molar-refractivity contribution in [2.24, 2.45) is 0 Å². The molecular formula is C14H17ClN2O7S2. The zero-order valence-electron chi connectivity index (χ0n) is 14.4. The maximum absolute atomic E-state index is 13.3. The molecule has 0 saturated heterocycles. The van der Waals surface area contributed by atoms with E-state index in [1.54, 1.807) is 13.8 Å². The lowest BCUT2D eigenvalue weighted by atomic mass is 10.5. The van der Waals surface area contributed by atoms with Gasteiger partial charge in [0.05, 0.1) is 7.11 Å². The predicted octanol–water partition coefficient (Wildman–Crippen LogP) is 2.65. The highest BCUT2D eigenvalue weighted by atomic mass is 35.5. The number of aromatic nitrogens is 1. The van der Waals surface area contributed by atoms with E-state index in [1.165, 1.54) is 18.6 Å². The molecule has 0 saturated carbocycles. The first-order valence-electron chi connectivity index (χ1n) is 7.25. The Morgan fingerprint density at radius 1 is 1.46 bits per heavy atom. The summed E-state index contributed by atoms with van der Waals surface area (Å²) in [7, 11) is -1.95. The molecule has 0 aromatic carbocycles. The predicted molar refractivity (Wildman–Crippen MR) is 94.0 cm³/mol. The number of methoxy groups -OCH3 is 2. The van der Waals surface area contributed by atoms with E-state index in [0.717, 1.165) is 18.4 Å². The van der Waals surface area contributed by atoms with Crippen LogP contribution in [0.25, 0.3) is 0 Å². The smallest absolute Gasteiger partial charge is 0.349 e. The summed E-state index contributed by atoms with van der Waals surface area (Å²) in [6, 6.07) is 1.27. The minimum atomic E-state index is -4.36. The maximum atomic E-state index is 13.3. The quantitative estimate of drug-likeness (QED) is 0.470. The SMILES string of the molecule is CCOC(OC)N(c1onc(C)c1Cl)S(=O)(=O)c1ccsc1C(=O)OC. The van der Waals surface area contributed by atoms with Gasteiger partial charge in [-0.1, -0.05) is 16.8 Å². The van der Waals surface area contributed by atoms with Crippen molar-refractivity contribution in [2.75, 3.05) is 25.1 Å². The third kappa shape index (κ3) is 3.71. The van der Waals surface area contributed by atoms with E-state index in [0.29, 0.717) is 4.31 Å². The van der Waals surface area contributed by atoms with Crippen LogP contribution in [0.2, 0.25) is 5.02 Å². The molecule has 9 nitrogen and oxygen atoms in total. The van der Waals surface area contributed by atoms with Gasteiger partial charge in [0.2, 0.25) is 0 Å². The van der Waals surface area contributed by atoms with Gasteiger partial charge in [-0.25, -0.2) is 13.2 Å². The highest BCUT2D eigenvalue weighted by Crippen LogP contribution is 2.36. The van der Waals surface area contributed by atoms with E-state index >= 15 is 0 Å². The van der Waals surface area contributed by atoms with Crippen LogP contribution >= 0.6 is 22.9 Å². The molecule has 0 bridgehead atoms. The monoisotopic (exact) mass is 424 g/mol. The lowest BCUT2D eigenvalue weighted by molar-refractivity contribution is -0.112. The van der Waals surface area contributed by atoms with Crippen molar-refractivity contribution in [2.45, 2.75) is 25.2 Å². The van der Waals surface area contributed by atoms with Gasteiger partial charge in [0, 0.05) is 13.7 Å². The van der Waals surface area contributed by atoms with Crippen LogP contribution in [0, 0.1) is 6.92 Å². The second-order valence-electron chi connectivity index (χ2n) is 4.79. The summed E-state index contributed by atoms with van der Waals surface area (Å²) in [4.78, 5) is 11.5. The number of sulfonamides is 1. The zero-order valence-corrected chi connectivity index (χ0v) is 16.8. The van der Waals surface area contributed by atoms with Gasteiger partial charge >= 0.3 is 5.97 Å². The molecule has 0 spiro atoms. The Bertz CT molecular complexity index is 878. The zero-order chi connectivity index (χ0) is 19.5. The summed E-state index contributed by atoms with van der Waals surface area (Å²) in [5.74, 6) is -1.07. The van der Waals surface area contributed by atoms with Crippen molar-refractivity contribution >= 4 is 44.8 Å². The lowest BCUT2D eigenvalue weighted by Gasteiger charge is -2.28. The average molecular weight is 425 g/mol. The van der Waals surface area contributed by atoms with Gasteiger partial charge in [0.15, 0.2) is 0 Å². The standard InChI is InChI=1S/C14H17ClN2O7S2/c1-5-23-14(22-4)17(12-10(15)8(2)16-24-12)26(19,20)9-6-7-25-11(9)13(18)21-3/h6-7,14H,5H2,1-4H3. The Balaban J connectivity index is 2.66. The average Bonchev–Trinajstić information content (AvgIpc) is 3.23. The highest BCUT2D eigenvalue weighted by molar-refractivity contribution is 7.93. The fourth-order valence-corrected chi connectivity index (χ4v) is 4.97. The lowest BCUT2D eigenvalue weighted by Crippen LogP contribution is -2.43. The molecule has 2 heterocycles. The van der Waals surface area contributed by atoms with Crippen LogP contribution in [-0.2, 0) is 24.2 Å². The Morgan fingerprint density at radius 2 is 2.15 bits per heavy atom. The number of aryl methyl sites for hydroxylation is 1. The second kappa shape index (κ2) is 8.35. The summed E-state index contributed by atoms with van der Waals surface area (Å²) < 4.78 is 47.5. The fourth-order valence-electron chi connectivity index (χ4n) is 2.02. The third-order valence-electron chi connectivity index (χ3n) is 3.21. The van der Waals surface area contributed by atoms with Crippen molar-refractivity contribution in [3.8, 4) is 0 Å². The number of carbonyl (C=O) groups is 1. The third-order valence-corrected chi connectivity index (χ3v) is 6.42. The van der Waals surface area contributed by atoms with Crippen molar-refractivity contribution in [1.82, 2.24) is 5.16 Å². The van der Waals surface area contributed by atoms with E-state index in [9.17, 15) is 13.2 Å². The number of thiophene rings is 1. The molecule has 0 amide bonds. The van der Waals surface area contributed by atoms with Gasteiger partial charge in [-0.3, -0.25) is 0 Å². The van der Waals surface area contributed by atoms with E-state index in [4.69, 9.17) is 25.6 Å². The van der Waals surface area contributed by atoms with E-state index in [2.05, 4.69) is 9.89 Å². The largest absolute Gasteiger partial charge is 0.465 e. The van der Waals surface area contributed by atoms with Gasteiger partial charge in [-0.05, 0) is 25.3 Å². The van der Waals surface area contributed by atoms with Crippen molar-refractivity contribution < 1.29 is 31.9 Å². The van der Waals surface area contributed by atoms with E-state index in [1.807, 2.05) is 0 Å².